The van der Waals surface area contributed by atoms with Crippen molar-refractivity contribution in [3.63, 3.8) is 0 Å². The van der Waals surface area contributed by atoms with Crippen LogP contribution in [0.1, 0.15) is 141 Å². The van der Waals surface area contributed by atoms with Crippen LogP contribution in [0.15, 0.2) is 29.3 Å². The molecule has 1 N–H and O–H groups in total. The van der Waals surface area contributed by atoms with Gasteiger partial charge in [0.05, 0.1) is 11.6 Å². The number of aliphatic imine (C=N–C) groups is 1. The molecule has 222 valence electrons. The fraction of sp³-hybridized carbons (Fsp3) is 0.735. The largest absolute Gasteiger partial charge is 0.478 e. The molecule has 0 bridgehead atoms. The van der Waals surface area contributed by atoms with E-state index in [1.54, 1.807) is 12.1 Å². The number of nitrogens with zero attached hydrogens (tertiary/aromatic N) is 3. The molecule has 0 radical (unpaired) electrons. The first-order valence-electron chi connectivity index (χ1n) is 15.8. The Morgan fingerprint density at radius 2 is 1.62 bits per heavy atom. The summed E-state index contributed by atoms with van der Waals surface area (Å²) in [6.07, 6.45) is 11.6. The quantitative estimate of drug-likeness (QED) is 0.372. The Morgan fingerprint density at radius 3 is 2.12 bits per heavy atom. The lowest BCUT2D eigenvalue weighted by Crippen LogP contribution is -2.53. The fourth-order valence-electron chi connectivity index (χ4n) is 7.35. The number of aromatic carboxylic acids is 1. The summed E-state index contributed by atoms with van der Waals surface area (Å²) < 4.78 is 0. The van der Waals surface area contributed by atoms with Gasteiger partial charge in [-0.1, -0.05) is 72.9 Å². The van der Waals surface area contributed by atoms with E-state index in [9.17, 15) is 14.7 Å². The van der Waals surface area contributed by atoms with Crippen LogP contribution in [0, 0.1) is 16.7 Å². The number of amidine groups is 1. The predicted octanol–water partition coefficient (Wildman–Crippen LogP) is 8.08. The number of rotatable bonds is 7. The van der Waals surface area contributed by atoms with Crippen molar-refractivity contribution in [3.8, 4) is 0 Å². The molecule has 1 aliphatic heterocycles. The minimum atomic E-state index is -0.927. The van der Waals surface area contributed by atoms with Gasteiger partial charge in [0.1, 0.15) is 5.66 Å². The molecule has 0 unspecified atom stereocenters. The monoisotopic (exact) mass is 551 g/mol. The Labute approximate surface area is 242 Å². The zero-order chi connectivity index (χ0) is 29.3. The van der Waals surface area contributed by atoms with Crippen LogP contribution in [-0.2, 0) is 4.79 Å². The molecule has 40 heavy (non-hydrogen) atoms. The normalized spacial score (nSPS) is 25.3. The first kappa shape index (κ1) is 30.6. The molecule has 1 heterocycles. The van der Waals surface area contributed by atoms with E-state index in [0.29, 0.717) is 17.8 Å². The van der Waals surface area contributed by atoms with Crippen molar-refractivity contribution >= 4 is 17.7 Å². The third kappa shape index (κ3) is 6.57. The van der Waals surface area contributed by atoms with Crippen LogP contribution in [-0.4, -0.2) is 50.9 Å². The van der Waals surface area contributed by atoms with Crippen molar-refractivity contribution in [3.05, 3.63) is 35.4 Å². The van der Waals surface area contributed by atoms with Crippen molar-refractivity contribution in [1.82, 2.24) is 9.80 Å². The van der Waals surface area contributed by atoms with Gasteiger partial charge in [0.15, 0.2) is 5.84 Å². The van der Waals surface area contributed by atoms with Gasteiger partial charge in [-0.25, -0.2) is 9.79 Å². The highest BCUT2D eigenvalue weighted by atomic mass is 16.4. The number of likely N-dealkylation sites (N-methyl/N-ethyl adjacent to an activating group) is 1. The third-order valence-electron chi connectivity index (χ3n) is 9.83. The summed E-state index contributed by atoms with van der Waals surface area (Å²) in [5, 5.41) is 9.53. The molecule has 1 aromatic carbocycles. The second-order valence-corrected chi connectivity index (χ2v) is 14.9. The van der Waals surface area contributed by atoms with E-state index in [4.69, 9.17) is 4.99 Å². The standard InChI is InChI=1S/C34H53N3O3/c1-8-36(27-12-10-9-11-13-27)29-30(38)37(34(35-29)22-18-26(19-23-34)33(5,6)7)28(20-21-32(2,3)4)24-14-16-25(17-15-24)31(39)40/h14-17,26-28H,8-13,18-23H2,1-7H3,(H,39,40)/t26?,28-,34?/m1/s1. The average molecular weight is 552 g/mol. The summed E-state index contributed by atoms with van der Waals surface area (Å²) in [6, 6.07) is 7.46. The van der Waals surface area contributed by atoms with Crippen molar-refractivity contribution in [2.45, 2.75) is 137 Å². The van der Waals surface area contributed by atoms with E-state index < -0.39 is 11.6 Å². The molecule has 1 aromatic rings. The van der Waals surface area contributed by atoms with Gasteiger partial charge in [-0.3, -0.25) is 4.79 Å². The number of benzene rings is 1. The van der Waals surface area contributed by atoms with E-state index in [1.165, 1.54) is 19.3 Å². The topological polar surface area (TPSA) is 73.2 Å². The number of amides is 1. The van der Waals surface area contributed by atoms with Gasteiger partial charge < -0.3 is 14.9 Å². The van der Waals surface area contributed by atoms with Crippen LogP contribution in [0.25, 0.3) is 0 Å². The minimum Gasteiger partial charge on any atom is -0.478 e. The van der Waals surface area contributed by atoms with Crippen molar-refractivity contribution in [2.24, 2.45) is 21.7 Å². The predicted molar refractivity (Wildman–Crippen MR) is 163 cm³/mol. The fourth-order valence-corrected chi connectivity index (χ4v) is 7.35. The van der Waals surface area contributed by atoms with E-state index in [-0.39, 0.29) is 28.3 Å². The highest BCUT2D eigenvalue weighted by Gasteiger charge is 2.54. The number of carbonyl (C=O) groups excluding carboxylic acids is 1. The van der Waals surface area contributed by atoms with E-state index >= 15 is 0 Å². The smallest absolute Gasteiger partial charge is 0.335 e. The molecule has 6 nitrogen and oxygen atoms in total. The van der Waals surface area contributed by atoms with Crippen LogP contribution in [0.3, 0.4) is 0 Å². The van der Waals surface area contributed by atoms with Crippen LogP contribution in [0.2, 0.25) is 0 Å². The van der Waals surface area contributed by atoms with E-state index in [0.717, 1.165) is 63.5 Å². The summed E-state index contributed by atoms with van der Waals surface area (Å²) in [6.45, 7) is 16.7. The molecule has 0 saturated heterocycles. The van der Waals surface area contributed by atoms with Gasteiger partial charge in [0, 0.05) is 12.6 Å². The summed E-state index contributed by atoms with van der Waals surface area (Å²) in [7, 11) is 0. The molecule has 4 rings (SSSR count). The first-order chi connectivity index (χ1) is 18.8. The maximum Gasteiger partial charge on any atom is 0.335 e. The Hall–Kier alpha value is -2.37. The highest BCUT2D eigenvalue weighted by Crippen LogP contribution is 2.50. The Morgan fingerprint density at radius 1 is 1.02 bits per heavy atom. The van der Waals surface area contributed by atoms with E-state index in [2.05, 4.69) is 58.3 Å². The molecule has 1 amide bonds. The average Bonchev–Trinajstić information content (AvgIpc) is 3.16. The molecule has 1 spiro atoms. The second-order valence-electron chi connectivity index (χ2n) is 14.9. The molecule has 2 saturated carbocycles. The van der Waals surface area contributed by atoms with Crippen LogP contribution < -0.4 is 0 Å². The van der Waals surface area contributed by atoms with Crippen molar-refractivity contribution in [1.29, 1.82) is 0 Å². The summed E-state index contributed by atoms with van der Waals surface area (Å²) in [4.78, 5) is 36.2. The molecule has 0 aromatic heterocycles. The lowest BCUT2D eigenvalue weighted by Gasteiger charge is -2.47. The van der Waals surface area contributed by atoms with Crippen LogP contribution in [0.4, 0.5) is 0 Å². The van der Waals surface area contributed by atoms with Crippen molar-refractivity contribution < 1.29 is 14.7 Å². The highest BCUT2D eigenvalue weighted by molar-refractivity contribution is 6.39. The molecule has 3 aliphatic rings. The Kier molecular flexibility index (Phi) is 9.06. The number of hydrogen-bond acceptors (Lipinski definition) is 4. The molecule has 2 aliphatic carbocycles. The number of carbonyl (C=O) groups is 2. The number of carboxylic acid groups (broad SMARTS) is 1. The molecule has 2 fully saturated rings. The lowest BCUT2D eigenvalue weighted by atomic mass is 9.69. The molecular formula is C34H53N3O3. The maximum atomic E-state index is 14.7. The number of carboxylic acids is 1. The summed E-state index contributed by atoms with van der Waals surface area (Å²) in [5.74, 6) is 0.427. The van der Waals surface area contributed by atoms with Gasteiger partial charge in [-0.05, 0) is 92.7 Å². The van der Waals surface area contributed by atoms with Gasteiger partial charge >= 0.3 is 5.97 Å². The van der Waals surface area contributed by atoms with Crippen LogP contribution >= 0.6 is 0 Å². The second kappa shape index (κ2) is 11.9. The van der Waals surface area contributed by atoms with Gasteiger partial charge in [0.2, 0.25) is 0 Å². The first-order valence-corrected chi connectivity index (χ1v) is 15.8. The minimum absolute atomic E-state index is 0.0721. The van der Waals surface area contributed by atoms with Crippen LogP contribution in [0.5, 0.6) is 0 Å². The SMILES string of the molecule is CCN(C1=NC2(CCC(C(C)(C)C)CC2)N([C@H](CCC(C)(C)C)c2ccc(C(=O)O)cc2)C1=O)C1CCCCC1. The lowest BCUT2D eigenvalue weighted by molar-refractivity contribution is -0.134. The van der Waals surface area contributed by atoms with Crippen molar-refractivity contribution in [2.75, 3.05) is 6.54 Å². The van der Waals surface area contributed by atoms with Gasteiger partial charge in [0.25, 0.3) is 5.91 Å². The zero-order valence-electron chi connectivity index (χ0n) is 26.1. The molecule has 6 heteroatoms. The summed E-state index contributed by atoms with van der Waals surface area (Å²) >= 11 is 0. The molecular weight excluding hydrogens is 498 g/mol. The zero-order valence-corrected chi connectivity index (χ0v) is 26.1. The van der Waals surface area contributed by atoms with Gasteiger partial charge in [-0.2, -0.15) is 0 Å². The van der Waals surface area contributed by atoms with E-state index in [1.807, 2.05) is 12.1 Å². The molecule has 1 atom stereocenters. The van der Waals surface area contributed by atoms with Gasteiger partial charge in [-0.15, -0.1) is 0 Å². The third-order valence-corrected chi connectivity index (χ3v) is 9.83. The number of hydrogen-bond donors (Lipinski definition) is 1. The maximum absolute atomic E-state index is 14.7. The Bertz CT molecular complexity index is 1070. The summed E-state index contributed by atoms with van der Waals surface area (Å²) in [5.41, 5.74) is 1.09. The Balaban J connectivity index is 1.77.